The molecule has 0 saturated heterocycles. The summed E-state index contributed by atoms with van der Waals surface area (Å²) in [6.45, 7) is 9.63. The molecule has 0 saturated carbocycles. The first kappa shape index (κ1) is 26.1. The normalized spacial score (nSPS) is 19.0. The molecule has 0 aromatic rings. The Labute approximate surface area is 181 Å². The van der Waals surface area contributed by atoms with Crippen LogP contribution in [0.4, 0.5) is 0 Å². The van der Waals surface area contributed by atoms with Gasteiger partial charge >= 0.3 is 5.97 Å². The van der Waals surface area contributed by atoms with Gasteiger partial charge in [0, 0.05) is 18.1 Å². The van der Waals surface area contributed by atoms with Crippen LogP contribution in [0.5, 0.6) is 0 Å². The summed E-state index contributed by atoms with van der Waals surface area (Å²) in [7, 11) is 0. The standard InChI is InChI=1S/C25H38O5/c1-18(2)23(28)13-11-20(4)8-5-7-19(3)9-6-10-21(16-26)12-14-24-22(17-27)15-25(29)30-24/h8-9,12,15,23-24,26-28H,1,5-7,10-11,13-14,16-17H2,2-4H3. The van der Waals surface area contributed by atoms with Gasteiger partial charge in [-0.15, -0.1) is 0 Å². The largest absolute Gasteiger partial charge is 0.454 e. The zero-order chi connectivity index (χ0) is 22.5. The first-order valence-corrected chi connectivity index (χ1v) is 10.7. The van der Waals surface area contributed by atoms with Gasteiger partial charge in [0.05, 0.1) is 19.3 Å². The van der Waals surface area contributed by atoms with Crippen LogP contribution in [-0.4, -0.2) is 46.7 Å². The van der Waals surface area contributed by atoms with Crippen molar-refractivity contribution in [1.82, 2.24) is 0 Å². The van der Waals surface area contributed by atoms with E-state index in [2.05, 4.69) is 32.6 Å². The molecule has 0 aliphatic carbocycles. The summed E-state index contributed by atoms with van der Waals surface area (Å²) >= 11 is 0. The highest BCUT2D eigenvalue weighted by Crippen LogP contribution is 2.20. The van der Waals surface area contributed by atoms with E-state index in [-0.39, 0.29) is 13.2 Å². The highest BCUT2D eigenvalue weighted by molar-refractivity contribution is 5.85. The van der Waals surface area contributed by atoms with Crippen LogP contribution < -0.4 is 0 Å². The summed E-state index contributed by atoms with van der Waals surface area (Å²) in [6, 6.07) is 0. The molecular formula is C25H38O5. The van der Waals surface area contributed by atoms with Crippen LogP contribution in [0.25, 0.3) is 0 Å². The van der Waals surface area contributed by atoms with E-state index in [4.69, 9.17) is 4.74 Å². The van der Waals surface area contributed by atoms with Crippen molar-refractivity contribution in [1.29, 1.82) is 0 Å². The lowest BCUT2D eigenvalue weighted by atomic mass is 10.0. The molecule has 30 heavy (non-hydrogen) atoms. The number of aliphatic hydroxyl groups excluding tert-OH is 3. The number of hydrogen-bond acceptors (Lipinski definition) is 5. The highest BCUT2D eigenvalue weighted by Gasteiger charge is 2.24. The second-order valence-electron chi connectivity index (χ2n) is 8.14. The van der Waals surface area contributed by atoms with Crippen LogP contribution in [0.2, 0.25) is 0 Å². The number of cyclic esters (lactones) is 1. The van der Waals surface area contributed by atoms with Crippen LogP contribution in [0.3, 0.4) is 0 Å². The van der Waals surface area contributed by atoms with Gasteiger partial charge in [-0.2, -0.15) is 0 Å². The third-order valence-electron chi connectivity index (χ3n) is 5.35. The topological polar surface area (TPSA) is 87.0 Å². The summed E-state index contributed by atoms with van der Waals surface area (Å²) in [6.07, 6.45) is 12.5. The molecule has 5 nitrogen and oxygen atoms in total. The predicted octanol–water partition coefficient (Wildman–Crippen LogP) is 4.31. The Morgan fingerprint density at radius 3 is 2.33 bits per heavy atom. The quantitative estimate of drug-likeness (QED) is 0.289. The Kier molecular flexibility index (Phi) is 12.3. The van der Waals surface area contributed by atoms with Crippen molar-refractivity contribution in [3.05, 3.63) is 58.7 Å². The summed E-state index contributed by atoms with van der Waals surface area (Å²) in [5, 5.41) is 28.6. The average molecular weight is 419 g/mol. The Balaban J connectivity index is 2.36. The van der Waals surface area contributed by atoms with Gasteiger partial charge < -0.3 is 20.1 Å². The van der Waals surface area contributed by atoms with Gasteiger partial charge in [-0.1, -0.05) is 41.5 Å². The number of hydrogen-bond donors (Lipinski definition) is 3. The lowest BCUT2D eigenvalue weighted by molar-refractivity contribution is -0.138. The molecule has 0 amide bonds. The maximum Gasteiger partial charge on any atom is 0.331 e. The van der Waals surface area contributed by atoms with Crippen molar-refractivity contribution < 1.29 is 24.9 Å². The number of rotatable bonds is 14. The van der Waals surface area contributed by atoms with Crippen molar-refractivity contribution in [3.63, 3.8) is 0 Å². The van der Waals surface area contributed by atoms with E-state index in [1.54, 1.807) is 0 Å². The smallest absolute Gasteiger partial charge is 0.331 e. The first-order chi connectivity index (χ1) is 14.3. The van der Waals surface area contributed by atoms with Gasteiger partial charge in [0.15, 0.2) is 0 Å². The third-order valence-corrected chi connectivity index (χ3v) is 5.35. The van der Waals surface area contributed by atoms with Gasteiger partial charge in [0.25, 0.3) is 0 Å². The van der Waals surface area contributed by atoms with Crippen LogP contribution in [-0.2, 0) is 9.53 Å². The first-order valence-electron chi connectivity index (χ1n) is 10.7. The monoisotopic (exact) mass is 418 g/mol. The van der Waals surface area contributed by atoms with Crippen LogP contribution >= 0.6 is 0 Å². The van der Waals surface area contributed by atoms with Crippen LogP contribution in [0.1, 0.15) is 65.7 Å². The number of carbonyl (C=O) groups excluding carboxylic acids is 1. The second-order valence-corrected chi connectivity index (χ2v) is 8.14. The fraction of sp³-hybridized carbons (Fsp3) is 0.560. The average Bonchev–Trinajstić information content (AvgIpc) is 3.08. The van der Waals surface area contributed by atoms with Gasteiger partial charge in [0.1, 0.15) is 6.10 Å². The second kappa shape index (κ2) is 14.1. The maximum absolute atomic E-state index is 11.3. The molecule has 0 bridgehead atoms. The van der Waals surface area contributed by atoms with Gasteiger partial charge in [-0.25, -0.2) is 4.79 Å². The van der Waals surface area contributed by atoms with E-state index in [0.717, 1.165) is 49.7 Å². The van der Waals surface area contributed by atoms with E-state index in [1.165, 1.54) is 17.2 Å². The highest BCUT2D eigenvalue weighted by atomic mass is 16.5. The molecule has 0 fully saturated rings. The molecule has 2 unspecified atom stereocenters. The number of allylic oxidation sites excluding steroid dienone is 4. The minimum atomic E-state index is -0.423. The molecular weight excluding hydrogens is 380 g/mol. The van der Waals surface area contributed by atoms with E-state index < -0.39 is 18.2 Å². The minimum absolute atomic E-state index is 0.0241. The molecule has 0 aromatic carbocycles. The molecule has 0 radical (unpaired) electrons. The third kappa shape index (κ3) is 10.2. The molecule has 1 rings (SSSR count). The van der Waals surface area contributed by atoms with E-state index in [0.29, 0.717) is 12.0 Å². The zero-order valence-electron chi connectivity index (χ0n) is 18.7. The minimum Gasteiger partial charge on any atom is -0.454 e. The van der Waals surface area contributed by atoms with Crippen LogP contribution in [0.15, 0.2) is 58.7 Å². The van der Waals surface area contributed by atoms with E-state index >= 15 is 0 Å². The maximum atomic E-state index is 11.3. The lowest BCUT2D eigenvalue weighted by Gasteiger charge is -2.11. The molecule has 0 aromatic heterocycles. The zero-order valence-corrected chi connectivity index (χ0v) is 18.7. The molecule has 168 valence electrons. The van der Waals surface area contributed by atoms with Crippen molar-refractivity contribution in [2.75, 3.05) is 13.2 Å². The Morgan fingerprint density at radius 2 is 1.73 bits per heavy atom. The predicted molar refractivity (Wildman–Crippen MR) is 121 cm³/mol. The van der Waals surface area contributed by atoms with Crippen molar-refractivity contribution >= 4 is 5.97 Å². The Morgan fingerprint density at radius 1 is 1.10 bits per heavy atom. The van der Waals surface area contributed by atoms with Crippen LogP contribution in [0, 0.1) is 0 Å². The summed E-state index contributed by atoms with van der Waals surface area (Å²) < 4.78 is 5.15. The summed E-state index contributed by atoms with van der Waals surface area (Å²) in [5.41, 5.74) is 4.91. The van der Waals surface area contributed by atoms with Crippen molar-refractivity contribution in [3.8, 4) is 0 Å². The molecule has 1 heterocycles. The van der Waals surface area contributed by atoms with Gasteiger partial charge in [0.2, 0.25) is 0 Å². The number of carbonyl (C=O) groups is 1. The summed E-state index contributed by atoms with van der Waals surface area (Å²) in [4.78, 5) is 11.3. The molecule has 1 aliphatic rings. The number of esters is 1. The number of ether oxygens (including phenoxy) is 1. The Hall–Kier alpha value is -1.95. The fourth-order valence-corrected chi connectivity index (χ4v) is 3.23. The summed E-state index contributed by atoms with van der Waals surface area (Å²) in [5.74, 6) is -0.419. The molecule has 0 spiro atoms. The Bertz CT molecular complexity index is 696. The molecule has 5 heteroatoms. The lowest BCUT2D eigenvalue weighted by Crippen LogP contribution is -2.13. The molecule has 1 aliphatic heterocycles. The SMILES string of the molecule is C=C(C)C(O)CCC(C)=CCCC(C)=CCCC(=CCC1OC(=O)C=C1CO)CO. The van der Waals surface area contributed by atoms with Gasteiger partial charge in [-0.05, 0) is 64.9 Å². The van der Waals surface area contributed by atoms with Crippen molar-refractivity contribution in [2.45, 2.75) is 77.9 Å². The van der Waals surface area contributed by atoms with Crippen molar-refractivity contribution in [2.24, 2.45) is 0 Å². The molecule has 3 N–H and O–H groups in total. The number of aliphatic hydroxyl groups is 3. The fourth-order valence-electron chi connectivity index (χ4n) is 3.23. The molecule has 2 atom stereocenters. The van der Waals surface area contributed by atoms with Gasteiger partial charge in [-0.3, -0.25) is 0 Å². The van der Waals surface area contributed by atoms with E-state index in [9.17, 15) is 20.1 Å². The van der Waals surface area contributed by atoms with E-state index in [1.807, 2.05) is 13.0 Å².